The molecule has 1 aromatic carbocycles. The van der Waals surface area contributed by atoms with E-state index in [2.05, 4.69) is 36.4 Å². The second kappa shape index (κ2) is 7.83. The van der Waals surface area contributed by atoms with Crippen LogP contribution >= 0.6 is 0 Å². The smallest absolute Gasteiger partial charge is 0.226 e. The number of carbonyl (C=O) groups excluding carboxylic acids is 1. The molecule has 1 aliphatic rings. The van der Waals surface area contributed by atoms with Crippen LogP contribution in [0, 0.1) is 11.8 Å². The second-order valence-electron chi connectivity index (χ2n) is 7.13. The van der Waals surface area contributed by atoms with E-state index in [1.165, 1.54) is 5.56 Å². The second-order valence-corrected chi connectivity index (χ2v) is 7.13. The van der Waals surface area contributed by atoms with Gasteiger partial charge >= 0.3 is 0 Å². The molecule has 1 saturated heterocycles. The number of nitrogens with one attached hydrogen (secondary N) is 1. The SMILES string of the molecule is CC(C)[C@H](C)NC(=O)[C@H]1CCO[C@@H]1c1ccnn1Cc1ccccc1. The van der Waals surface area contributed by atoms with E-state index in [-0.39, 0.29) is 24.0 Å². The van der Waals surface area contributed by atoms with E-state index in [0.29, 0.717) is 19.1 Å². The highest BCUT2D eigenvalue weighted by atomic mass is 16.5. The van der Waals surface area contributed by atoms with E-state index in [9.17, 15) is 4.79 Å². The summed E-state index contributed by atoms with van der Waals surface area (Å²) >= 11 is 0. The van der Waals surface area contributed by atoms with Gasteiger partial charge in [-0.05, 0) is 30.9 Å². The Bertz CT molecular complexity index is 696. The minimum absolute atomic E-state index is 0.0798. The fourth-order valence-corrected chi connectivity index (χ4v) is 3.12. The van der Waals surface area contributed by atoms with Crippen molar-refractivity contribution in [1.82, 2.24) is 15.1 Å². The molecule has 1 N–H and O–H groups in total. The van der Waals surface area contributed by atoms with Crippen LogP contribution in [-0.4, -0.2) is 28.3 Å². The molecular formula is C20H27N3O2. The van der Waals surface area contributed by atoms with Gasteiger partial charge in [0.1, 0.15) is 6.10 Å². The maximum absolute atomic E-state index is 12.7. The molecule has 0 spiro atoms. The summed E-state index contributed by atoms with van der Waals surface area (Å²) in [5.41, 5.74) is 2.15. The number of benzene rings is 1. The van der Waals surface area contributed by atoms with Crippen molar-refractivity contribution in [3.63, 3.8) is 0 Å². The number of amides is 1. The van der Waals surface area contributed by atoms with Gasteiger partial charge in [0.05, 0.1) is 18.2 Å². The summed E-state index contributed by atoms with van der Waals surface area (Å²) in [6, 6.07) is 12.3. The normalized spacial score (nSPS) is 21.4. The summed E-state index contributed by atoms with van der Waals surface area (Å²) in [5, 5.41) is 7.58. The van der Waals surface area contributed by atoms with Crippen LogP contribution in [-0.2, 0) is 16.1 Å². The van der Waals surface area contributed by atoms with Crippen molar-refractivity contribution in [2.75, 3.05) is 6.61 Å². The van der Waals surface area contributed by atoms with Gasteiger partial charge in [-0.3, -0.25) is 9.48 Å². The number of hydrogen-bond donors (Lipinski definition) is 1. The lowest BCUT2D eigenvalue weighted by atomic mass is 9.96. The van der Waals surface area contributed by atoms with E-state index in [1.54, 1.807) is 6.20 Å². The molecule has 2 heterocycles. The Morgan fingerprint density at radius 2 is 2.04 bits per heavy atom. The third kappa shape index (κ3) is 4.10. The third-order valence-electron chi connectivity index (χ3n) is 5.01. The fraction of sp³-hybridized carbons (Fsp3) is 0.500. The number of aromatic nitrogens is 2. The number of rotatable bonds is 6. The van der Waals surface area contributed by atoms with Crippen LogP contribution in [0.4, 0.5) is 0 Å². The molecule has 0 aliphatic carbocycles. The first-order valence-electron chi connectivity index (χ1n) is 9.04. The molecule has 1 aliphatic heterocycles. The first kappa shape index (κ1) is 17.7. The molecule has 2 aromatic rings. The molecule has 5 nitrogen and oxygen atoms in total. The number of carbonyl (C=O) groups is 1. The summed E-state index contributed by atoms with van der Waals surface area (Å²) in [4.78, 5) is 12.7. The van der Waals surface area contributed by atoms with Crippen LogP contribution in [0.2, 0.25) is 0 Å². The zero-order chi connectivity index (χ0) is 17.8. The lowest BCUT2D eigenvalue weighted by molar-refractivity contribution is -0.127. The van der Waals surface area contributed by atoms with Crippen LogP contribution in [0.15, 0.2) is 42.6 Å². The van der Waals surface area contributed by atoms with Gasteiger partial charge in [0.2, 0.25) is 5.91 Å². The largest absolute Gasteiger partial charge is 0.371 e. The molecule has 134 valence electrons. The molecule has 0 unspecified atom stereocenters. The van der Waals surface area contributed by atoms with Crippen molar-refractivity contribution in [3.8, 4) is 0 Å². The van der Waals surface area contributed by atoms with Gasteiger partial charge in [0.25, 0.3) is 0 Å². The van der Waals surface area contributed by atoms with Crippen molar-refractivity contribution < 1.29 is 9.53 Å². The van der Waals surface area contributed by atoms with E-state index >= 15 is 0 Å². The average molecular weight is 341 g/mol. The number of hydrogen-bond acceptors (Lipinski definition) is 3. The molecule has 5 heteroatoms. The maximum Gasteiger partial charge on any atom is 0.226 e. The van der Waals surface area contributed by atoms with Gasteiger partial charge in [-0.2, -0.15) is 5.10 Å². The van der Waals surface area contributed by atoms with Crippen molar-refractivity contribution in [2.24, 2.45) is 11.8 Å². The molecule has 1 aromatic heterocycles. The molecular weight excluding hydrogens is 314 g/mol. The van der Waals surface area contributed by atoms with Crippen LogP contribution in [0.25, 0.3) is 0 Å². The maximum atomic E-state index is 12.7. The highest BCUT2D eigenvalue weighted by Gasteiger charge is 2.37. The highest BCUT2D eigenvalue weighted by Crippen LogP contribution is 2.35. The Balaban J connectivity index is 1.75. The van der Waals surface area contributed by atoms with Crippen molar-refractivity contribution in [1.29, 1.82) is 0 Å². The van der Waals surface area contributed by atoms with E-state index in [1.807, 2.05) is 35.9 Å². The Hall–Kier alpha value is -2.14. The standard InChI is InChI=1S/C20H27N3O2/c1-14(2)15(3)22-20(24)17-10-12-25-19(17)18-9-11-21-23(18)13-16-7-5-4-6-8-16/h4-9,11,14-15,17,19H,10,12-13H2,1-3H3,(H,22,24)/t15-,17-,19-/m0/s1. The molecule has 0 saturated carbocycles. The van der Waals surface area contributed by atoms with Gasteiger partial charge in [-0.15, -0.1) is 0 Å². The van der Waals surface area contributed by atoms with Crippen LogP contribution in [0.1, 0.15) is 44.6 Å². The van der Waals surface area contributed by atoms with Gasteiger partial charge in [-0.25, -0.2) is 0 Å². The van der Waals surface area contributed by atoms with Gasteiger partial charge < -0.3 is 10.1 Å². The predicted octanol–water partition coefficient (Wildman–Crippen LogP) is 3.17. The van der Waals surface area contributed by atoms with Crippen molar-refractivity contribution in [3.05, 3.63) is 53.9 Å². The summed E-state index contributed by atoms with van der Waals surface area (Å²) in [6.45, 7) is 7.56. The molecule has 3 atom stereocenters. The number of nitrogens with zero attached hydrogens (tertiary/aromatic N) is 2. The lowest BCUT2D eigenvalue weighted by Crippen LogP contribution is -2.41. The van der Waals surface area contributed by atoms with Gasteiger partial charge in [-0.1, -0.05) is 44.2 Å². The topological polar surface area (TPSA) is 56.1 Å². The summed E-state index contributed by atoms with van der Waals surface area (Å²) < 4.78 is 7.87. The van der Waals surface area contributed by atoms with Crippen molar-refractivity contribution in [2.45, 2.75) is 45.9 Å². The quantitative estimate of drug-likeness (QED) is 0.878. The monoisotopic (exact) mass is 341 g/mol. The average Bonchev–Trinajstić information content (AvgIpc) is 3.24. The Kier molecular flexibility index (Phi) is 5.53. The van der Waals surface area contributed by atoms with Crippen LogP contribution in [0.5, 0.6) is 0 Å². The molecule has 0 radical (unpaired) electrons. The minimum Gasteiger partial charge on any atom is -0.371 e. The summed E-state index contributed by atoms with van der Waals surface area (Å²) in [7, 11) is 0. The molecule has 0 bridgehead atoms. The fourth-order valence-electron chi connectivity index (χ4n) is 3.12. The highest BCUT2D eigenvalue weighted by molar-refractivity contribution is 5.80. The molecule has 1 fully saturated rings. The molecule has 1 amide bonds. The van der Waals surface area contributed by atoms with Gasteiger partial charge in [0.15, 0.2) is 0 Å². The lowest BCUT2D eigenvalue weighted by Gasteiger charge is -2.23. The Labute approximate surface area is 149 Å². The van der Waals surface area contributed by atoms with E-state index in [0.717, 1.165) is 12.1 Å². The Morgan fingerprint density at radius 3 is 2.76 bits per heavy atom. The van der Waals surface area contributed by atoms with Crippen LogP contribution < -0.4 is 5.32 Å². The first-order chi connectivity index (χ1) is 12.1. The third-order valence-corrected chi connectivity index (χ3v) is 5.01. The Morgan fingerprint density at radius 1 is 1.28 bits per heavy atom. The first-order valence-corrected chi connectivity index (χ1v) is 9.04. The summed E-state index contributed by atoms with van der Waals surface area (Å²) in [6.07, 6.45) is 2.30. The zero-order valence-electron chi connectivity index (χ0n) is 15.2. The van der Waals surface area contributed by atoms with Crippen molar-refractivity contribution >= 4 is 5.91 Å². The zero-order valence-corrected chi connectivity index (χ0v) is 15.2. The van der Waals surface area contributed by atoms with Crippen LogP contribution in [0.3, 0.4) is 0 Å². The van der Waals surface area contributed by atoms with E-state index < -0.39 is 0 Å². The van der Waals surface area contributed by atoms with E-state index in [4.69, 9.17) is 4.74 Å². The minimum atomic E-state index is -0.231. The summed E-state index contributed by atoms with van der Waals surface area (Å²) in [5.74, 6) is 0.330. The predicted molar refractivity (Wildman–Crippen MR) is 97.0 cm³/mol. The molecule has 3 rings (SSSR count). The number of ether oxygens (including phenoxy) is 1. The molecule has 25 heavy (non-hydrogen) atoms. The van der Waals surface area contributed by atoms with Gasteiger partial charge in [0, 0.05) is 18.8 Å².